The average molecular weight is 287 g/mol. The molecule has 21 heavy (non-hydrogen) atoms. The van der Waals surface area contributed by atoms with Gasteiger partial charge < -0.3 is 14.8 Å². The van der Waals surface area contributed by atoms with Gasteiger partial charge in [0.15, 0.2) is 0 Å². The molecule has 0 radical (unpaired) electrons. The van der Waals surface area contributed by atoms with Crippen LogP contribution in [0.3, 0.4) is 0 Å². The maximum atomic E-state index is 5.44. The number of hydrogen-bond acceptors (Lipinski definition) is 5. The lowest BCUT2D eigenvalue weighted by atomic mass is 10.1. The highest BCUT2D eigenvalue weighted by molar-refractivity contribution is 5.71. The van der Waals surface area contributed by atoms with Crippen molar-refractivity contribution >= 4 is 5.82 Å². The molecule has 5 nitrogen and oxygen atoms in total. The predicted molar refractivity (Wildman–Crippen MR) is 84.1 cm³/mol. The van der Waals surface area contributed by atoms with Crippen LogP contribution in [0.1, 0.15) is 19.7 Å². The van der Waals surface area contributed by atoms with Crippen molar-refractivity contribution in [3.05, 3.63) is 30.1 Å². The monoisotopic (exact) mass is 287 g/mol. The Kier molecular flexibility index (Phi) is 4.98. The molecule has 5 heteroatoms. The lowest BCUT2D eigenvalue weighted by Gasteiger charge is -2.12. The molecular formula is C16H21N3O2. The minimum Gasteiger partial charge on any atom is -0.497 e. The number of rotatable bonds is 6. The molecule has 0 aliphatic rings. The first-order chi connectivity index (χ1) is 10.2. The van der Waals surface area contributed by atoms with Gasteiger partial charge in [-0.3, -0.25) is 0 Å². The van der Waals surface area contributed by atoms with Crippen LogP contribution in [-0.4, -0.2) is 30.7 Å². The molecular weight excluding hydrogens is 266 g/mol. The van der Waals surface area contributed by atoms with Crippen molar-refractivity contribution in [1.82, 2.24) is 9.97 Å². The number of benzene rings is 1. The van der Waals surface area contributed by atoms with Crippen molar-refractivity contribution in [2.75, 3.05) is 26.1 Å². The van der Waals surface area contributed by atoms with Gasteiger partial charge in [-0.1, -0.05) is 6.92 Å². The molecule has 2 aromatic rings. The Balaban J connectivity index is 2.56. The van der Waals surface area contributed by atoms with Gasteiger partial charge >= 0.3 is 0 Å². The number of ether oxygens (including phenoxy) is 2. The van der Waals surface area contributed by atoms with E-state index in [-0.39, 0.29) is 0 Å². The molecule has 0 aliphatic carbocycles. The van der Waals surface area contributed by atoms with E-state index in [4.69, 9.17) is 9.47 Å². The summed E-state index contributed by atoms with van der Waals surface area (Å²) < 4.78 is 10.7. The third kappa shape index (κ3) is 3.42. The fraction of sp³-hybridized carbons (Fsp3) is 0.375. The molecule has 0 spiro atoms. The van der Waals surface area contributed by atoms with Crippen molar-refractivity contribution in [2.45, 2.75) is 20.3 Å². The molecule has 112 valence electrons. The Hall–Kier alpha value is -2.30. The van der Waals surface area contributed by atoms with Gasteiger partial charge in [0.1, 0.15) is 23.1 Å². The molecule has 2 rings (SSSR count). The second-order valence-corrected chi connectivity index (χ2v) is 4.50. The normalized spacial score (nSPS) is 10.3. The van der Waals surface area contributed by atoms with Gasteiger partial charge in [0.05, 0.1) is 19.9 Å². The van der Waals surface area contributed by atoms with Crippen LogP contribution in [0.2, 0.25) is 0 Å². The lowest BCUT2D eigenvalue weighted by Crippen LogP contribution is -2.04. The van der Waals surface area contributed by atoms with Crippen LogP contribution in [0.4, 0.5) is 5.82 Å². The molecule has 0 unspecified atom stereocenters. The van der Waals surface area contributed by atoms with Gasteiger partial charge in [-0.05, 0) is 25.1 Å². The molecule has 1 N–H and O–H groups in total. The van der Waals surface area contributed by atoms with E-state index in [1.165, 1.54) is 0 Å². The van der Waals surface area contributed by atoms with Gasteiger partial charge in [-0.15, -0.1) is 0 Å². The summed E-state index contributed by atoms with van der Waals surface area (Å²) >= 11 is 0. The van der Waals surface area contributed by atoms with Crippen molar-refractivity contribution in [3.8, 4) is 22.8 Å². The smallest absolute Gasteiger partial charge is 0.131 e. The Labute approximate surface area is 125 Å². The molecule has 0 amide bonds. The summed E-state index contributed by atoms with van der Waals surface area (Å²) in [6.07, 6.45) is 0.776. The van der Waals surface area contributed by atoms with Crippen molar-refractivity contribution in [1.29, 1.82) is 0 Å². The number of methoxy groups -OCH3 is 2. The molecule has 0 fully saturated rings. The second kappa shape index (κ2) is 6.92. The van der Waals surface area contributed by atoms with Crippen molar-refractivity contribution in [3.63, 3.8) is 0 Å². The van der Waals surface area contributed by atoms with Crippen LogP contribution in [0.15, 0.2) is 24.3 Å². The molecule has 0 saturated carbocycles. The summed E-state index contributed by atoms with van der Waals surface area (Å²) in [4.78, 5) is 9.07. The number of anilines is 1. The van der Waals surface area contributed by atoms with Crippen LogP contribution < -0.4 is 14.8 Å². The number of hydrogen-bond donors (Lipinski definition) is 1. The third-order valence-corrected chi connectivity index (χ3v) is 3.13. The van der Waals surface area contributed by atoms with E-state index in [2.05, 4.69) is 15.3 Å². The predicted octanol–water partition coefficient (Wildman–Crippen LogP) is 3.16. The molecule has 0 bridgehead atoms. The van der Waals surface area contributed by atoms with E-state index in [0.717, 1.165) is 47.4 Å². The van der Waals surface area contributed by atoms with E-state index in [0.29, 0.717) is 0 Å². The largest absolute Gasteiger partial charge is 0.497 e. The molecule has 1 heterocycles. The minimum absolute atomic E-state index is 0.763. The Morgan fingerprint density at radius 1 is 1.05 bits per heavy atom. The van der Waals surface area contributed by atoms with Gasteiger partial charge in [0.2, 0.25) is 0 Å². The summed E-state index contributed by atoms with van der Waals surface area (Å²) in [6, 6.07) is 7.61. The van der Waals surface area contributed by atoms with E-state index in [1.54, 1.807) is 14.2 Å². The summed E-state index contributed by atoms with van der Waals surface area (Å²) in [5.74, 6) is 3.16. The fourth-order valence-electron chi connectivity index (χ4n) is 2.08. The van der Waals surface area contributed by atoms with Gasteiger partial charge in [0, 0.05) is 24.6 Å². The van der Waals surface area contributed by atoms with Crippen LogP contribution in [0, 0.1) is 0 Å². The highest BCUT2D eigenvalue weighted by Crippen LogP contribution is 2.33. The molecule has 0 atom stereocenters. The van der Waals surface area contributed by atoms with Crippen LogP contribution in [-0.2, 0) is 6.42 Å². The van der Waals surface area contributed by atoms with Gasteiger partial charge in [-0.25, -0.2) is 9.97 Å². The molecule has 1 aromatic carbocycles. The van der Waals surface area contributed by atoms with E-state index >= 15 is 0 Å². The summed E-state index contributed by atoms with van der Waals surface area (Å²) in [5, 5.41) is 3.24. The Morgan fingerprint density at radius 3 is 2.48 bits per heavy atom. The van der Waals surface area contributed by atoms with Crippen LogP contribution >= 0.6 is 0 Å². The second-order valence-electron chi connectivity index (χ2n) is 4.50. The molecule has 0 aliphatic heterocycles. The average Bonchev–Trinajstić information content (AvgIpc) is 2.54. The maximum absolute atomic E-state index is 5.44. The quantitative estimate of drug-likeness (QED) is 0.884. The van der Waals surface area contributed by atoms with E-state index in [9.17, 15) is 0 Å². The molecule has 0 saturated heterocycles. The molecule has 1 aromatic heterocycles. The van der Waals surface area contributed by atoms with Crippen LogP contribution in [0.25, 0.3) is 11.3 Å². The van der Waals surface area contributed by atoms with Gasteiger partial charge in [0.25, 0.3) is 0 Å². The zero-order valence-corrected chi connectivity index (χ0v) is 12.9. The van der Waals surface area contributed by atoms with E-state index in [1.807, 2.05) is 38.1 Å². The van der Waals surface area contributed by atoms with Gasteiger partial charge in [-0.2, -0.15) is 0 Å². The summed E-state index contributed by atoms with van der Waals surface area (Å²) in [7, 11) is 3.30. The Bertz CT molecular complexity index is 614. The first kappa shape index (κ1) is 15.1. The maximum Gasteiger partial charge on any atom is 0.131 e. The number of nitrogens with one attached hydrogen (secondary N) is 1. The standard InChI is InChI=1S/C16H21N3O2/c1-5-15-18-13(10-16(19-15)17-6-2)12-9-11(20-3)7-8-14(12)21-4/h7-10H,5-6H2,1-4H3,(H,17,18,19). The number of aromatic nitrogens is 2. The topological polar surface area (TPSA) is 56.3 Å². The fourth-order valence-corrected chi connectivity index (χ4v) is 2.08. The number of aryl methyl sites for hydroxylation is 1. The first-order valence-corrected chi connectivity index (χ1v) is 7.06. The zero-order valence-electron chi connectivity index (χ0n) is 12.9. The minimum atomic E-state index is 0.763. The zero-order chi connectivity index (χ0) is 15.2. The number of nitrogens with zero attached hydrogens (tertiary/aromatic N) is 2. The van der Waals surface area contributed by atoms with Crippen molar-refractivity contribution in [2.24, 2.45) is 0 Å². The third-order valence-electron chi connectivity index (χ3n) is 3.13. The van der Waals surface area contributed by atoms with E-state index < -0.39 is 0 Å². The first-order valence-electron chi connectivity index (χ1n) is 7.06. The summed E-state index contributed by atoms with van der Waals surface area (Å²) in [6.45, 7) is 4.89. The van der Waals surface area contributed by atoms with Crippen LogP contribution in [0.5, 0.6) is 11.5 Å². The van der Waals surface area contributed by atoms with Crippen molar-refractivity contribution < 1.29 is 9.47 Å². The Morgan fingerprint density at radius 2 is 1.86 bits per heavy atom. The highest BCUT2D eigenvalue weighted by atomic mass is 16.5. The SMILES string of the molecule is CCNc1cc(-c2cc(OC)ccc2OC)nc(CC)n1. The highest BCUT2D eigenvalue weighted by Gasteiger charge is 2.12. The summed E-state index contributed by atoms with van der Waals surface area (Å²) in [5.41, 5.74) is 1.72. The lowest BCUT2D eigenvalue weighted by molar-refractivity contribution is 0.404.